The zero-order valence-corrected chi connectivity index (χ0v) is 22.5. The highest BCUT2D eigenvalue weighted by Crippen LogP contribution is 2.25. The number of carbonyl (C=O) groups excluding carboxylic acids is 2. The number of Topliss-reactive ketones (excluding diaryl/α,β-unsaturated/α-hetero) is 1. The van der Waals surface area contributed by atoms with E-state index in [1.54, 1.807) is 13.0 Å². The summed E-state index contributed by atoms with van der Waals surface area (Å²) in [6, 6.07) is 8.21. The number of hydrogen-bond acceptors (Lipinski definition) is 6. The van der Waals surface area contributed by atoms with E-state index < -0.39 is 17.5 Å². The number of allylic oxidation sites excluding steroid dienone is 1. The van der Waals surface area contributed by atoms with Crippen LogP contribution in [0.15, 0.2) is 45.8 Å². The Labute approximate surface area is 214 Å². The normalized spacial score (nSPS) is 11.5. The lowest BCUT2D eigenvalue weighted by molar-refractivity contribution is 0.0980. The minimum Gasteiger partial charge on any atom is -0.507 e. The van der Waals surface area contributed by atoms with Crippen molar-refractivity contribution in [2.75, 3.05) is 7.11 Å². The number of ether oxygens (including phenoxy) is 1. The highest BCUT2D eigenvalue weighted by atomic mass is 16.5. The molecular weight excluding hydrogens is 458 g/mol. The monoisotopic (exact) mass is 499 g/mol. The van der Waals surface area contributed by atoms with Crippen molar-refractivity contribution in [3.05, 3.63) is 75.0 Å². The van der Waals surface area contributed by atoms with Gasteiger partial charge in [-0.2, -0.15) is 0 Å². The van der Waals surface area contributed by atoms with Gasteiger partial charge < -0.3 is 14.3 Å². The predicted octanol–water partition coefficient (Wildman–Crippen LogP) is 6.59. The van der Waals surface area contributed by atoms with Crippen LogP contribution in [0.2, 0.25) is 0 Å². The molecule has 7 nitrogen and oxygen atoms in total. The number of rotatable bonds is 11. The van der Waals surface area contributed by atoms with Crippen LogP contribution in [0.5, 0.6) is 5.75 Å². The Hall–Kier alpha value is -3.35. The molecule has 0 aliphatic rings. The van der Waals surface area contributed by atoms with E-state index in [1.165, 1.54) is 55.3 Å². The van der Waals surface area contributed by atoms with E-state index >= 15 is 0 Å². The van der Waals surface area contributed by atoms with Crippen molar-refractivity contribution < 1.29 is 23.8 Å². The molecular formula is C29H41NO6. The molecule has 36 heavy (non-hydrogen) atoms. The third kappa shape index (κ3) is 10.1. The molecule has 0 aliphatic carbocycles. The molecule has 0 bridgehead atoms. The molecule has 2 N–H and O–H groups in total. The molecule has 2 aromatic rings. The highest BCUT2D eigenvalue weighted by molar-refractivity contribution is 5.97. The molecule has 0 fully saturated rings. The standard InChI is InChI=1S/C16H21NO6.C13H20/c1-4-11(18)14-12(19)9-13(23-15(14)20)10(2)7-5-6-8-17-16(21)22-3;1-4-6-7-12-8-9-13(5-2)11(3)10-12/h6,8-10,19H,4-5,7H2,1-3H3,(H,17,21);8-10H,4-7H2,1-3H3/b8-6+;. The van der Waals surface area contributed by atoms with Gasteiger partial charge in [0, 0.05) is 24.6 Å². The number of amides is 1. The molecule has 2 rings (SSSR count). The zero-order chi connectivity index (χ0) is 27.1. The molecule has 1 heterocycles. The number of unbranched alkanes of at least 4 members (excludes halogenated alkanes) is 1. The summed E-state index contributed by atoms with van der Waals surface area (Å²) in [5, 5.41) is 12.3. The Balaban J connectivity index is 0.000000420. The van der Waals surface area contributed by atoms with Gasteiger partial charge >= 0.3 is 11.7 Å². The minimum atomic E-state index is -0.818. The summed E-state index contributed by atoms with van der Waals surface area (Å²) < 4.78 is 9.54. The largest absolute Gasteiger partial charge is 0.507 e. The Bertz CT molecular complexity index is 1070. The number of hydrogen-bond donors (Lipinski definition) is 2. The Morgan fingerprint density at radius 3 is 2.47 bits per heavy atom. The van der Waals surface area contributed by atoms with Crippen molar-refractivity contribution in [1.82, 2.24) is 5.32 Å². The molecule has 0 spiro atoms. The smallest absolute Gasteiger partial charge is 0.410 e. The molecule has 198 valence electrons. The minimum absolute atomic E-state index is 0.116. The van der Waals surface area contributed by atoms with Gasteiger partial charge in [-0.3, -0.25) is 10.1 Å². The lowest BCUT2D eigenvalue weighted by atomic mass is 10.0. The summed E-state index contributed by atoms with van der Waals surface area (Å²) in [6.45, 7) is 10.1. The van der Waals surface area contributed by atoms with Crippen LogP contribution in [0.4, 0.5) is 4.79 Å². The van der Waals surface area contributed by atoms with Gasteiger partial charge in [0.15, 0.2) is 5.78 Å². The van der Waals surface area contributed by atoms with Crippen LogP contribution >= 0.6 is 0 Å². The lowest BCUT2D eigenvalue weighted by Crippen LogP contribution is -2.16. The van der Waals surface area contributed by atoms with Crippen LogP contribution in [0.25, 0.3) is 0 Å². The van der Waals surface area contributed by atoms with E-state index in [4.69, 9.17) is 4.42 Å². The number of aryl methyl sites for hydroxylation is 3. The molecule has 0 saturated carbocycles. The summed E-state index contributed by atoms with van der Waals surface area (Å²) in [7, 11) is 1.27. The second-order valence-electron chi connectivity index (χ2n) is 8.71. The first-order valence-electron chi connectivity index (χ1n) is 12.7. The van der Waals surface area contributed by atoms with Crippen molar-refractivity contribution in [3.63, 3.8) is 0 Å². The number of aromatic hydroxyl groups is 1. The van der Waals surface area contributed by atoms with Crippen LogP contribution in [-0.2, 0) is 17.6 Å². The van der Waals surface area contributed by atoms with Gasteiger partial charge in [-0.05, 0) is 55.7 Å². The molecule has 1 aromatic heterocycles. The van der Waals surface area contributed by atoms with Crippen LogP contribution in [0, 0.1) is 6.92 Å². The fraction of sp³-hybridized carbons (Fsp3) is 0.483. The Morgan fingerprint density at radius 2 is 1.92 bits per heavy atom. The zero-order valence-electron chi connectivity index (χ0n) is 22.5. The number of benzene rings is 1. The first-order valence-corrected chi connectivity index (χ1v) is 12.7. The molecule has 0 saturated heterocycles. The average Bonchev–Trinajstić information content (AvgIpc) is 2.86. The topological polar surface area (TPSA) is 106 Å². The number of ketones is 1. The summed E-state index contributed by atoms with van der Waals surface area (Å²) in [5.74, 6) is -0.623. The summed E-state index contributed by atoms with van der Waals surface area (Å²) >= 11 is 0. The van der Waals surface area contributed by atoms with Crippen LogP contribution in [0.3, 0.4) is 0 Å². The summed E-state index contributed by atoms with van der Waals surface area (Å²) in [5.41, 5.74) is 3.32. The molecule has 0 radical (unpaired) electrons. The average molecular weight is 500 g/mol. The first kappa shape index (κ1) is 30.7. The van der Waals surface area contributed by atoms with Crippen molar-refractivity contribution in [3.8, 4) is 5.75 Å². The maximum atomic E-state index is 11.8. The van der Waals surface area contributed by atoms with E-state index in [9.17, 15) is 19.5 Å². The highest BCUT2D eigenvalue weighted by Gasteiger charge is 2.19. The predicted molar refractivity (Wildman–Crippen MR) is 143 cm³/mol. The van der Waals surface area contributed by atoms with Gasteiger partial charge in [0.1, 0.15) is 17.1 Å². The molecule has 1 amide bonds. The van der Waals surface area contributed by atoms with Gasteiger partial charge in [0.25, 0.3) is 0 Å². The van der Waals surface area contributed by atoms with Crippen molar-refractivity contribution in [2.24, 2.45) is 0 Å². The van der Waals surface area contributed by atoms with Crippen molar-refractivity contribution in [1.29, 1.82) is 0 Å². The second-order valence-corrected chi connectivity index (χ2v) is 8.71. The molecule has 1 atom stereocenters. The quantitative estimate of drug-likeness (QED) is 0.338. The van der Waals surface area contributed by atoms with E-state index in [0.29, 0.717) is 18.6 Å². The Kier molecular flexibility index (Phi) is 13.9. The maximum absolute atomic E-state index is 11.8. The van der Waals surface area contributed by atoms with Gasteiger partial charge in [0.2, 0.25) is 0 Å². The summed E-state index contributed by atoms with van der Waals surface area (Å²) in [6.07, 6.45) is 9.00. The summed E-state index contributed by atoms with van der Waals surface area (Å²) in [4.78, 5) is 34.2. The van der Waals surface area contributed by atoms with E-state index in [1.807, 2.05) is 6.92 Å². The van der Waals surface area contributed by atoms with Crippen molar-refractivity contribution >= 4 is 11.9 Å². The van der Waals surface area contributed by atoms with E-state index in [0.717, 1.165) is 6.42 Å². The van der Waals surface area contributed by atoms with E-state index in [-0.39, 0.29) is 23.7 Å². The third-order valence-corrected chi connectivity index (χ3v) is 5.91. The first-order chi connectivity index (χ1) is 17.2. The number of nitrogens with one attached hydrogen (secondary N) is 1. The second kappa shape index (κ2) is 16.3. The lowest BCUT2D eigenvalue weighted by Gasteiger charge is -2.10. The number of carbonyl (C=O) groups is 2. The number of alkyl carbamates (subject to hydrolysis) is 1. The molecule has 1 aromatic carbocycles. The van der Waals surface area contributed by atoms with Crippen molar-refractivity contribution in [2.45, 2.75) is 85.5 Å². The fourth-order valence-corrected chi connectivity index (χ4v) is 3.62. The molecule has 0 aliphatic heterocycles. The van der Waals surface area contributed by atoms with Gasteiger partial charge in [-0.25, -0.2) is 9.59 Å². The SMILES string of the molecule is CCC(=O)c1c(O)cc(C(C)CC/C=C/NC(=O)OC)oc1=O.CCCCc1ccc(CC)c(C)c1. The molecule has 1 unspecified atom stereocenters. The van der Waals surface area contributed by atoms with Gasteiger partial charge in [-0.15, -0.1) is 0 Å². The fourth-order valence-electron chi connectivity index (χ4n) is 3.62. The van der Waals surface area contributed by atoms with Crippen LogP contribution < -0.4 is 10.9 Å². The van der Waals surface area contributed by atoms with Gasteiger partial charge in [0.05, 0.1) is 7.11 Å². The number of methoxy groups -OCH3 is 1. The third-order valence-electron chi connectivity index (χ3n) is 5.91. The van der Waals surface area contributed by atoms with E-state index in [2.05, 4.69) is 49.0 Å². The van der Waals surface area contributed by atoms with Gasteiger partial charge in [-0.1, -0.05) is 58.4 Å². The Morgan fingerprint density at radius 1 is 1.19 bits per heavy atom. The molecule has 7 heteroatoms. The maximum Gasteiger partial charge on any atom is 0.410 e. The van der Waals surface area contributed by atoms with Crippen LogP contribution in [0.1, 0.15) is 98.5 Å². The van der Waals surface area contributed by atoms with Crippen LogP contribution in [-0.4, -0.2) is 24.1 Å².